The summed E-state index contributed by atoms with van der Waals surface area (Å²) in [7, 11) is -1.41. The van der Waals surface area contributed by atoms with Crippen molar-refractivity contribution in [2.75, 3.05) is 24.3 Å². The number of nitrogens with zero attached hydrogens (tertiary/aromatic N) is 1. The fourth-order valence-corrected chi connectivity index (χ4v) is 4.49. The molecule has 2 aromatic carbocycles. The molecule has 1 aromatic heterocycles. The van der Waals surface area contributed by atoms with Crippen molar-refractivity contribution in [1.82, 2.24) is 10.2 Å². The molecule has 0 saturated heterocycles. The first-order chi connectivity index (χ1) is 14.6. The summed E-state index contributed by atoms with van der Waals surface area (Å²) in [6.45, 7) is 1.78. The van der Waals surface area contributed by atoms with E-state index in [0.717, 1.165) is 11.8 Å². The van der Waals surface area contributed by atoms with Gasteiger partial charge in [0.2, 0.25) is 0 Å². The average molecular weight is 485 g/mol. The molecule has 0 fully saturated rings. The number of halogens is 2. The van der Waals surface area contributed by atoms with Gasteiger partial charge in [-0.05, 0) is 31.2 Å². The minimum atomic E-state index is -4.20. The number of nitrogens with one attached hydrogen (secondary N) is 3. The Morgan fingerprint density at radius 2 is 1.74 bits per heavy atom. The standard InChI is InChI=1S/C19H18Cl2N4O5S/c1-10-6-18(24-23-10)22-19(26)11-4-5-12(20)17(7-11)31(27,28)25-14-8-13(21)15(29-2)9-16(14)30-3/h4-9,25H,1-3H3,(H2,22,23,24,26). The maximum absolute atomic E-state index is 13.0. The fourth-order valence-electron chi connectivity index (χ4n) is 2.66. The van der Waals surface area contributed by atoms with Gasteiger partial charge in [-0.15, -0.1) is 0 Å². The number of methoxy groups -OCH3 is 2. The smallest absolute Gasteiger partial charge is 0.263 e. The molecule has 3 aromatic rings. The molecule has 0 saturated carbocycles. The van der Waals surface area contributed by atoms with Crippen molar-refractivity contribution in [3.63, 3.8) is 0 Å². The van der Waals surface area contributed by atoms with Crippen LogP contribution >= 0.6 is 23.2 Å². The summed E-state index contributed by atoms with van der Waals surface area (Å²) >= 11 is 12.2. The van der Waals surface area contributed by atoms with Gasteiger partial charge in [0.15, 0.2) is 5.82 Å². The third-order valence-corrected chi connectivity index (χ3v) is 6.29. The maximum Gasteiger partial charge on any atom is 0.263 e. The number of aryl methyl sites for hydroxylation is 1. The molecular weight excluding hydrogens is 467 g/mol. The number of ether oxygens (including phenoxy) is 2. The Morgan fingerprint density at radius 1 is 1.03 bits per heavy atom. The second kappa shape index (κ2) is 9.04. The first kappa shape index (κ1) is 22.7. The molecule has 0 unspecified atom stereocenters. The van der Waals surface area contributed by atoms with Gasteiger partial charge in [-0.2, -0.15) is 5.10 Å². The Hall–Kier alpha value is -2.95. The Balaban J connectivity index is 1.93. The molecule has 0 aliphatic heterocycles. The van der Waals surface area contributed by atoms with Gasteiger partial charge in [0, 0.05) is 23.4 Å². The molecule has 0 aliphatic rings. The zero-order valence-corrected chi connectivity index (χ0v) is 18.9. The van der Waals surface area contributed by atoms with Crippen LogP contribution in [0.3, 0.4) is 0 Å². The third kappa shape index (κ3) is 5.04. The number of aromatic amines is 1. The lowest BCUT2D eigenvalue weighted by molar-refractivity contribution is 0.102. The molecule has 3 rings (SSSR count). The van der Waals surface area contributed by atoms with Gasteiger partial charge in [0.05, 0.1) is 30.0 Å². The summed E-state index contributed by atoms with van der Waals surface area (Å²) in [6, 6.07) is 8.31. The maximum atomic E-state index is 13.0. The minimum absolute atomic E-state index is 0.0711. The number of hydrogen-bond donors (Lipinski definition) is 3. The molecular formula is C19H18Cl2N4O5S. The second-order valence-corrected chi connectivity index (χ2v) is 8.79. The predicted octanol–water partition coefficient (Wildman–Crippen LogP) is 4.10. The van der Waals surface area contributed by atoms with Crippen molar-refractivity contribution in [3.05, 3.63) is 57.7 Å². The van der Waals surface area contributed by atoms with E-state index in [0.29, 0.717) is 11.6 Å². The van der Waals surface area contributed by atoms with Crippen LogP contribution in [0, 0.1) is 6.92 Å². The molecule has 0 radical (unpaired) electrons. The van der Waals surface area contributed by atoms with E-state index in [1.807, 2.05) is 0 Å². The normalized spacial score (nSPS) is 11.1. The average Bonchev–Trinajstić information content (AvgIpc) is 3.12. The highest BCUT2D eigenvalue weighted by molar-refractivity contribution is 7.92. The largest absolute Gasteiger partial charge is 0.495 e. The Morgan fingerprint density at radius 3 is 2.35 bits per heavy atom. The number of carbonyl (C=O) groups excluding carboxylic acids is 1. The van der Waals surface area contributed by atoms with Crippen molar-refractivity contribution in [2.24, 2.45) is 0 Å². The van der Waals surface area contributed by atoms with E-state index in [-0.39, 0.29) is 31.9 Å². The molecule has 0 bridgehead atoms. The van der Waals surface area contributed by atoms with Crippen LogP contribution in [0.5, 0.6) is 11.5 Å². The monoisotopic (exact) mass is 484 g/mol. The molecule has 9 nitrogen and oxygen atoms in total. The predicted molar refractivity (Wildman–Crippen MR) is 118 cm³/mol. The SMILES string of the molecule is COc1cc(OC)c(NS(=O)(=O)c2cc(C(=O)Nc3cc(C)[nH]n3)ccc2Cl)cc1Cl. The van der Waals surface area contributed by atoms with Crippen molar-refractivity contribution in [2.45, 2.75) is 11.8 Å². The van der Waals surface area contributed by atoms with Gasteiger partial charge in [-0.1, -0.05) is 23.2 Å². The Labute approximate surface area is 188 Å². The molecule has 164 valence electrons. The van der Waals surface area contributed by atoms with E-state index in [1.165, 1.54) is 38.5 Å². The van der Waals surface area contributed by atoms with Crippen LogP contribution in [-0.2, 0) is 10.0 Å². The molecule has 31 heavy (non-hydrogen) atoms. The van der Waals surface area contributed by atoms with Gasteiger partial charge in [-0.25, -0.2) is 8.42 Å². The lowest BCUT2D eigenvalue weighted by Crippen LogP contribution is -2.17. The van der Waals surface area contributed by atoms with E-state index < -0.39 is 15.9 Å². The van der Waals surface area contributed by atoms with Crippen LogP contribution in [0.1, 0.15) is 16.1 Å². The number of carbonyl (C=O) groups is 1. The van der Waals surface area contributed by atoms with Crippen LogP contribution in [0.15, 0.2) is 41.3 Å². The van der Waals surface area contributed by atoms with E-state index in [4.69, 9.17) is 32.7 Å². The van der Waals surface area contributed by atoms with Gasteiger partial charge in [0.1, 0.15) is 16.4 Å². The van der Waals surface area contributed by atoms with E-state index in [2.05, 4.69) is 20.2 Å². The number of benzene rings is 2. The van der Waals surface area contributed by atoms with E-state index >= 15 is 0 Å². The van der Waals surface area contributed by atoms with E-state index in [1.54, 1.807) is 13.0 Å². The summed E-state index contributed by atoms with van der Waals surface area (Å²) in [6.07, 6.45) is 0. The lowest BCUT2D eigenvalue weighted by atomic mass is 10.2. The van der Waals surface area contributed by atoms with Gasteiger partial charge < -0.3 is 14.8 Å². The number of aromatic nitrogens is 2. The van der Waals surface area contributed by atoms with Crippen molar-refractivity contribution < 1.29 is 22.7 Å². The Kier molecular flexibility index (Phi) is 6.63. The number of H-pyrrole nitrogens is 1. The summed E-state index contributed by atoms with van der Waals surface area (Å²) in [5.74, 6) is 0.248. The zero-order valence-electron chi connectivity index (χ0n) is 16.6. The molecule has 3 N–H and O–H groups in total. The number of anilines is 2. The van der Waals surface area contributed by atoms with Crippen LogP contribution < -0.4 is 19.5 Å². The fraction of sp³-hybridized carbons (Fsp3) is 0.158. The first-order valence-corrected chi connectivity index (χ1v) is 11.0. The number of amides is 1. The van der Waals surface area contributed by atoms with Crippen LogP contribution in [0.25, 0.3) is 0 Å². The topological polar surface area (TPSA) is 122 Å². The molecule has 12 heteroatoms. The second-order valence-electron chi connectivity index (χ2n) is 6.33. The first-order valence-electron chi connectivity index (χ1n) is 8.72. The van der Waals surface area contributed by atoms with Crippen molar-refractivity contribution in [3.8, 4) is 11.5 Å². The third-order valence-electron chi connectivity index (χ3n) is 4.15. The van der Waals surface area contributed by atoms with Crippen LogP contribution in [-0.4, -0.2) is 38.7 Å². The lowest BCUT2D eigenvalue weighted by Gasteiger charge is -2.15. The quantitative estimate of drug-likeness (QED) is 0.463. The molecule has 0 spiro atoms. The molecule has 1 heterocycles. The molecule has 0 aliphatic carbocycles. The van der Waals surface area contributed by atoms with Crippen molar-refractivity contribution in [1.29, 1.82) is 0 Å². The summed E-state index contributed by atoms with van der Waals surface area (Å²) in [5, 5.41) is 9.29. The highest BCUT2D eigenvalue weighted by Crippen LogP contribution is 2.37. The van der Waals surface area contributed by atoms with Gasteiger partial charge in [-0.3, -0.25) is 14.6 Å². The number of hydrogen-bond acceptors (Lipinski definition) is 6. The summed E-state index contributed by atoms with van der Waals surface area (Å²) in [4.78, 5) is 12.2. The number of rotatable bonds is 7. The summed E-state index contributed by atoms with van der Waals surface area (Å²) in [5.41, 5.74) is 0.905. The minimum Gasteiger partial charge on any atom is -0.495 e. The van der Waals surface area contributed by atoms with E-state index in [9.17, 15) is 13.2 Å². The van der Waals surface area contributed by atoms with Crippen LogP contribution in [0.2, 0.25) is 10.0 Å². The highest BCUT2D eigenvalue weighted by atomic mass is 35.5. The van der Waals surface area contributed by atoms with Gasteiger partial charge in [0.25, 0.3) is 15.9 Å². The number of sulfonamides is 1. The molecule has 0 atom stereocenters. The Bertz CT molecular complexity index is 1240. The zero-order chi connectivity index (χ0) is 22.8. The van der Waals surface area contributed by atoms with Gasteiger partial charge >= 0.3 is 0 Å². The molecule has 1 amide bonds. The summed E-state index contributed by atoms with van der Waals surface area (Å²) < 4.78 is 38.7. The van der Waals surface area contributed by atoms with Crippen LogP contribution in [0.4, 0.5) is 11.5 Å². The van der Waals surface area contributed by atoms with Crippen molar-refractivity contribution >= 4 is 50.6 Å². The highest BCUT2D eigenvalue weighted by Gasteiger charge is 2.23.